The van der Waals surface area contributed by atoms with Crippen LogP contribution in [0.3, 0.4) is 0 Å². The Morgan fingerprint density at radius 3 is 2.80 bits per heavy atom. The third-order valence-electron chi connectivity index (χ3n) is 4.17. The largest absolute Gasteiger partial charge is 0.394 e. The number of aliphatic hydroxyl groups is 1. The van der Waals surface area contributed by atoms with Crippen LogP contribution in [0.1, 0.15) is 25.7 Å². The van der Waals surface area contributed by atoms with E-state index in [9.17, 15) is 5.11 Å². The van der Waals surface area contributed by atoms with E-state index in [1.165, 1.54) is 22.1 Å². The second-order valence-electron chi connectivity index (χ2n) is 5.87. The maximum Gasteiger partial charge on any atom is 0.0611 e. The van der Waals surface area contributed by atoms with Crippen molar-refractivity contribution >= 4 is 22.5 Å². The van der Waals surface area contributed by atoms with Gasteiger partial charge in [-0.25, -0.2) is 0 Å². The molecule has 2 nitrogen and oxygen atoms in total. The van der Waals surface area contributed by atoms with Crippen LogP contribution in [0.5, 0.6) is 0 Å². The van der Waals surface area contributed by atoms with Crippen LogP contribution >= 0.6 is 11.8 Å². The number of hydrogen-bond donors (Lipinski definition) is 2. The summed E-state index contributed by atoms with van der Waals surface area (Å²) in [5.74, 6) is 0. The second kappa shape index (κ2) is 5.76. The molecule has 1 saturated carbocycles. The maximum absolute atomic E-state index is 9.44. The van der Waals surface area contributed by atoms with Crippen molar-refractivity contribution in [2.24, 2.45) is 5.73 Å². The number of rotatable bonds is 3. The van der Waals surface area contributed by atoms with Crippen molar-refractivity contribution < 1.29 is 5.11 Å². The van der Waals surface area contributed by atoms with Gasteiger partial charge >= 0.3 is 0 Å². The zero-order valence-electron chi connectivity index (χ0n) is 11.6. The Labute approximate surface area is 124 Å². The Bertz CT molecular complexity index is 600. The first-order valence-corrected chi connectivity index (χ1v) is 8.12. The smallest absolute Gasteiger partial charge is 0.0611 e. The van der Waals surface area contributed by atoms with Crippen molar-refractivity contribution in [1.82, 2.24) is 0 Å². The van der Waals surface area contributed by atoms with Crippen molar-refractivity contribution in [2.45, 2.75) is 41.4 Å². The monoisotopic (exact) mass is 287 g/mol. The molecule has 1 aliphatic carbocycles. The van der Waals surface area contributed by atoms with Gasteiger partial charge in [-0.15, -0.1) is 11.8 Å². The van der Waals surface area contributed by atoms with Crippen LogP contribution < -0.4 is 5.73 Å². The third kappa shape index (κ3) is 3.00. The number of benzene rings is 2. The maximum atomic E-state index is 9.44. The van der Waals surface area contributed by atoms with Crippen molar-refractivity contribution in [3.8, 4) is 0 Å². The number of thioether (sulfide) groups is 1. The standard InChI is InChI=1S/C17H21NOS/c18-17(12-19)9-3-6-16(11-17)20-15-8-7-13-4-1-2-5-14(13)10-15/h1-2,4-5,7-8,10,16,19H,3,6,9,11-12,18H2. The molecule has 0 amide bonds. The van der Waals surface area contributed by atoms with Crippen molar-refractivity contribution in [1.29, 1.82) is 0 Å². The van der Waals surface area contributed by atoms with Gasteiger partial charge in [0, 0.05) is 15.7 Å². The molecule has 2 aromatic carbocycles. The molecule has 2 unspecified atom stereocenters. The lowest BCUT2D eigenvalue weighted by Gasteiger charge is -2.36. The summed E-state index contributed by atoms with van der Waals surface area (Å²) >= 11 is 1.91. The molecule has 1 aliphatic rings. The van der Waals surface area contributed by atoms with Crippen LogP contribution in [-0.4, -0.2) is 22.5 Å². The molecule has 3 heteroatoms. The molecule has 2 aromatic rings. The molecule has 3 N–H and O–H groups in total. The quantitative estimate of drug-likeness (QED) is 0.907. The average Bonchev–Trinajstić information content (AvgIpc) is 2.47. The van der Waals surface area contributed by atoms with E-state index in [0.717, 1.165) is 19.3 Å². The molecule has 0 heterocycles. The fourth-order valence-electron chi connectivity index (χ4n) is 3.02. The van der Waals surface area contributed by atoms with Gasteiger partial charge in [0.15, 0.2) is 0 Å². The minimum atomic E-state index is -0.368. The summed E-state index contributed by atoms with van der Waals surface area (Å²) in [7, 11) is 0. The lowest BCUT2D eigenvalue weighted by molar-refractivity contribution is 0.159. The third-order valence-corrected chi connectivity index (χ3v) is 5.44. The first-order valence-electron chi connectivity index (χ1n) is 7.24. The summed E-state index contributed by atoms with van der Waals surface area (Å²) in [6.45, 7) is 0.0990. The minimum absolute atomic E-state index is 0.0990. The van der Waals surface area contributed by atoms with Gasteiger partial charge in [-0.05, 0) is 42.2 Å². The normalized spacial score (nSPS) is 26.8. The van der Waals surface area contributed by atoms with Gasteiger partial charge in [0.25, 0.3) is 0 Å². The Hall–Kier alpha value is -1.03. The highest BCUT2D eigenvalue weighted by molar-refractivity contribution is 8.00. The predicted molar refractivity (Wildman–Crippen MR) is 86.1 cm³/mol. The van der Waals surface area contributed by atoms with E-state index in [0.29, 0.717) is 5.25 Å². The highest BCUT2D eigenvalue weighted by Gasteiger charge is 2.32. The van der Waals surface area contributed by atoms with Crippen molar-refractivity contribution in [2.75, 3.05) is 6.61 Å². The summed E-state index contributed by atoms with van der Waals surface area (Å²) in [6, 6.07) is 15.1. The Balaban J connectivity index is 1.75. The molecular weight excluding hydrogens is 266 g/mol. The number of aliphatic hydroxyl groups excluding tert-OH is 1. The molecule has 0 radical (unpaired) electrons. The van der Waals surface area contributed by atoms with Gasteiger partial charge in [0.1, 0.15) is 0 Å². The van der Waals surface area contributed by atoms with Crippen LogP contribution in [0.4, 0.5) is 0 Å². The molecule has 0 aliphatic heterocycles. The van der Waals surface area contributed by atoms with Gasteiger partial charge in [-0.2, -0.15) is 0 Å². The summed E-state index contributed by atoms with van der Waals surface area (Å²) in [5, 5.41) is 12.5. The Morgan fingerprint density at radius 1 is 1.20 bits per heavy atom. The van der Waals surface area contributed by atoms with Gasteiger partial charge in [0.2, 0.25) is 0 Å². The molecule has 0 spiro atoms. The lowest BCUT2D eigenvalue weighted by Crippen LogP contribution is -2.48. The average molecular weight is 287 g/mol. The first kappa shape index (κ1) is 13.9. The Kier molecular flexibility index (Phi) is 4.01. The van der Waals surface area contributed by atoms with Crippen LogP contribution in [0.15, 0.2) is 47.4 Å². The molecule has 106 valence electrons. The van der Waals surface area contributed by atoms with E-state index in [1.54, 1.807) is 0 Å². The molecule has 0 aromatic heterocycles. The predicted octanol–water partition coefficient (Wildman–Crippen LogP) is 3.56. The first-order chi connectivity index (χ1) is 9.68. The highest BCUT2D eigenvalue weighted by Crippen LogP contribution is 2.37. The molecule has 3 rings (SSSR count). The van der Waals surface area contributed by atoms with Crippen LogP contribution in [0, 0.1) is 0 Å². The molecular formula is C17H21NOS. The topological polar surface area (TPSA) is 46.2 Å². The fraction of sp³-hybridized carbons (Fsp3) is 0.412. The van der Waals surface area contributed by atoms with Crippen LogP contribution in [0.25, 0.3) is 10.8 Å². The molecule has 0 bridgehead atoms. The van der Waals surface area contributed by atoms with Gasteiger partial charge < -0.3 is 10.8 Å². The van der Waals surface area contributed by atoms with Crippen molar-refractivity contribution in [3.05, 3.63) is 42.5 Å². The molecule has 0 saturated heterocycles. The van der Waals surface area contributed by atoms with Crippen molar-refractivity contribution in [3.63, 3.8) is 0 Å². The van der Waals surface area contributed by atoms with Crippen LogP contribution in [-0.2, 0) is 0 Å². The minimum Gasteiger partial charge on any atom is -0.394 e. The zero-order valence-corrected chi connectivity index (χ0v) is 12.4. The number of fused-ring (bicyclic) bond motifs is 1. The van der Waals surface area contributed by atoms with E-state index >= 15 is 0 Å². The summed E-state index contributed by atoms with van der Waals surface area (Å²) in [4.78, 5) is 1.30. The SMILES string of the molecule is NC1(CO)CCCC(Sc2ccc3ccccc3c2)C1. The van der Waals surface area contributed by atoms with Gasteiger partial charge in [-0.1, -0.05) is 36.8 Å². The molecule has 2 atom stereocenters. The number of nitrogens with two attached hydrogens (primary N) is 1. The highest BCUT2D eigenvalue weighted by atomic mass is 32.2. The van der Waals surface area contributed by atoms with Crippen LogP contribution in [0.2, 0.25) is 0 Å². The fourth-order valence-corrected chi connectivity index (χ4v) is 4.44. The van der Waals surface area contributed by atoms with E-state index in [4.69, 9.17) is 5.73 Å². The zero-order chi connectivity index (χ0) is 14.0. The van der Waals surface area contributed by atoms with Gasteiger partial charge in [0.05, 0.1) is 6.61 Å². The second-order valence-corrected chi connectivity index (χ2v) is 7.24. The van der Waals surface area contributed by atoms with E-state index in [1.807, 2.05) is 11.8 Å². The summed E-state index contributed by atoms with van der Waals surface area (Å²) < 4.78 is 0. The number of hydrogen-bond acceptors (Lipinski definition) is 3. The summed E-state index contributed by atoms with van der Waals surface area (Å²) in [5.41, 5.74) is 5.86. The molecule has 20 heavy (non-hydrogen) atoms. The lowest BCUT2D eigenvalue weighted by atomic mass is 9.83. The Morgan fingerprint density at radius 2 is 2.00 bits per heavy atom. The van der Waals surface area contributed by atoms with E-state index in [2.05, 4.69) is 42.5 Å². The molecule has 1 fully saturated rings. The summed E-state index contributed by atoms with van der Waals surface area (Å²) in [6.07, 6.45) is 4.15. The van der Waals surface area contributed by atoms with E-state index in [-0.39, 0.29) is 12.1 Å². The van der Waals surface area contributed by atoms with Gasteiger partial charge in [-0.3, -0.25) is 0 Å². The van der Waals surface area contributed by atoms with E-state index < -0.39 is 0 Å².